The number of carboxylic acid groups (broad SMARTS) is 1. The van der Waals surface area contributed by atoms with E-state index in [0.717, 1.165) is 0 Å². The highest BCUT2D eigenvalue weighted by molar-refractivity contribution is 5.73. The molecule has 0 radical (unpaired) electrons. The Morgan fingerprint density at radius 2 is 2.05 bits per heavy atom. The van der Waals surface area contributed by atoms with Gasteiger partial charge in [-0.15, -0.1) is 0 Å². The van der Waals surface area contributed by atoms with E-state index in [4.69, 9.17) is 9.84 Å². The Hall–Kier alpha value is -0.770. The van der Waals surface area contributed by atoms with E-state index in [1.54, 1.807) is 0 Å². The zero-order valence-corrected chi connectivity index (χ0v) is 10.3. The van der Waals surface area contributed by atoms with Crippen molar-refractivity contribution >= 4 is 5.97 Å². The molecule has 0 saturated carbocycles. The van der Waals surface area contributed by atoms with Crippen LogP contribution in [0.4, 0.5) is 0 Å². The van der Waals surface area contributed by atoms with E-state index >= 15 is 0 Å². The summed E-state index contributed by atoms with van der Waals surface area (Å²) in [5.41, 5.74) is 0. The molecular formula is C11H19NO7. The first-order valence-electron chi connectivity index (χ1n) is 6.22. The van der Waals surface area contributed by atoms with Gasteiger partial charge < -0.3 is 30.3 Å². The predicted molar refractivity (Wildman–Crippen MR) is 61.2 cm³/mol. The number of nitrogens with zero attached hydrogens (tertiary/aromatic N) is 1. The van der Waals surface area contributed by atoms with Crippen molar-refractivity contribution in [3.8, 4) is 0 Å². The number of β-amino-alcohol motifs (C(OH)–C–C–N with tert-alkyl or cyclic N) is 1. The van der Waals surface area contributed by atoms with E-state index in [9.17, 15) is 25.2 Å². The fourth-order valence-corrected chi connectivity index (χ4v) is 2.62. The molecule has 0 aromatic rings. The molecule has 0 spiro atoms. The molecule has 2 aliphatic heterocycles. The first kappa shape index (κ1) is 14.6. The number of aliphatic hydroxyl groups excluding tert-OH is 3. The van der Waals surface area contributed by atoms with Gasteiger partial charge in [0.2, 0.25) is 5.79 Å². The van der Waals surface area contributed by atoms with Crippen molar-refractivity contribution in [2.75, 3.05) is 19.7 Å². The molecule has 2 aliphatic rings. The Labute approximate surface area is 109 Å². The highest BCUT2D eigenvalue weighted by Crippen LogP contribution is 2.28. The minimum Gasteiger partial charge on any atom is -0.480 e. The summed E-state index contributed by atoms with van der Waals surface area (Å²) in [5.74, 6) is -3.07. The van der Waals surface area contributed by atoms with Crippen molar-refractivity contribution in [1.82, 2.24) is 4.90 Å². The van der Waals surface area contributed by atoms with Crippen molar-refractivity contribution in [3.63, 3.8) is 0 Å². The Kier molecular flexibility index (Phi) is 4.09. The third kappa shape index (κ3) is 2.73. The van der Waals surface area contributed by atoms with E-state index in [1.807, 2.05) is 0 Å². The molecule has 0 amide bonds. The number of hydrogen-bond acceptors (Lipinski definition) is 7. The summed E-state index contributed by atoms with van der Waals surface area (Å²) in [4.78, 5) is 12.5. The average molecular weight is 277 g/mol. The lowest BCUT2D eigenvalue weighted by Gasteiger charge is -2.43. The van der Waals surface area contributed by atoms with Gasteiger partial charge in [-0.25, -0.2) is 0 Å². The third-order valence-corrected chi connectivity index (χ3v) is 3.76. The minimum absolute atomic E-state index is 0.227. The molecule has 0 aliphatic carbocycles. The summed E-state index contributed by atoms with van der Waals surface area (Å²) in [6, 6.07) is -0.733. The summed E-state index contributed by atoms with van der Waals surface area (Å²) >= 11 is 0. The van der Waals surface area contributed by atoms with E-state index in [1.165, 1.54) is 4.90 Å². The Balaban J connectivity index is 2.06. The van der Waals surface area contributed by atoms with Crippen molar-refractivity contribution in [1.29, 1.82) is 0 Å². The largest absolute Gasteiger partial charge is 0.480 e. The average Bonchev–Trinajstić information content (AvgIpc) is 2.80. The van der Waals surface area contributed by atoms with Crippen LogP contribution in [0.25, 0.3) is 0 Å². The van der Waals surface area contributed by atoms with Gasteiger partial charge in [0.25, 0.3) is 0 Å². The molecule has 2 fully saturated rings. The lowest BCUT2D eigenvalue weighted by atomic mass is 9.96. The number of hydrogen-bond donors (Lipinski definition) is 5. The van der Waals surface area contributed by atoms with Gasteiger partial charge in [-0.2, -0.15) is 0 Å². The van der Waals surface area contributed by atoms with E-state index in [2.05, 4.69) is 0 Å². The van der Waals surface area contributed by atoms with E-state index in [0.29, 0.717) is 19.4 Å². The second-order valence-corrected chi connectivity index (χ2v) is 5.13. The monoisotopic (exact) mass is 277 g/mol. The maximum absolute atomic E-state index is 11.0. The molecule has 110 valence electrons. The number of ether oxygens (including phenoxy) is 1. The first-order chi connectivity index (χ1) is 8.85. The smallest absolute Gasteiger partial charge is 0.320 e. The second kappa shape index (κ2) is 5.31. The van der Waals surface area contributed by atoms with Gasteiger partial charge in [0.1, 0.15) is 24.4 Å². The number of aliphatic hydroxyl groups is 4. The number of carboxylic acids is 1. The molecule has 0 aromatic carbocycles. The van der Waals surface area contributed by atoms with Crippen LogP contribution >= 0.6 is 0 Å². The van der Waals surface area contributed by atoms with Crippen molar-refractivity contribution in [2.24, 2.45) is 0 Å². The van der Waals surface area contributed by atoms with Crippen LogP contribution in [-0.2, 0) is 9.53 Å². The molecule has 8 nitrogen and oxygen atoms in total. The van der Waals surface area contributed by atoms with Crippen LogP contribution in [0.2, 0.25) is 0 Å². The van der Waals surface area contributed by atoms with Gasteiger partial charge in [0.15, 0.2) is 0 Å². The lowest BCUT2D eigenvalue weighted by molar-refractivity contribution is -0.325. The van der Waals surface area contributed by atoms with Crippen LogP contribution in [-0.4, -0.2) is 86.2 Å². The normalized spacial score (nSPS) is 44.4. The number of aliphatic carboxylic acids is 1. The van der Waals surface area contributed by atoms with Gasteiger partial charge >= 0.3 is 5.97 Å². The maximum atomic E-state index is 11.0. The van der Waals surface area contributed by atoms with Gasteiger partial charge in [-0.1, -0.05) is 0 Å². The van der Waals surface area contributed by atoms with Crippen LogP contribution in [0.1, 0.15) is 12.8 Å². The zero-order valence-electron chi connectivity index (χ0n) is 10.3. The minimum atomic E-state index is -2.07. The first-order valence-corrected chi connectivity index (χ1v) is 6.22. The van der Waals surface area contributed by atoms with Gasteiger partial charge in [0.05, 0.1) is 13.2 Å². The molecule has 2 saturated heterocycles. The summed E-state index contributed by atoms with van der Waals surface area (Å²) < 4.78 is 5.01. The fraction of sp³-hybridized carbons (Fsp3) is 0.909. The van der Waals surface area contributed by atoms with Crippen LogP contribution in [0.15, 0.2) is 0 Å². The van der Waals surface area contributed by atoms with Crippen LogP contribution in [0.3, 0.4) is 0 Å². The van der Waals surface area contributed by atoms with Crippen LogP contribution in [0.5, 0.6) is 0 Å². The second-order valence-electron chi connectivity index (χ2n) is 5.13. The highest BCUT2D eigenvalue weighted by atomic mass is 16.6. The molecule has 2 heterocycles. The number of likely N-dealkylation sites (tertiary alicyclic amines) is 1. The molecular weight excluding hydrogens is 258 g/mol. The lowest BCUT2D eigenvalue weighted by Crippen LogP contribution is -2.65. The Morgan fingerprint density at radius 3 is 2.68 bits per heavy atom. The molecule has 19 heavy (non-hydrogen) atoms. The standard InChI is InChI=1S/C11H19NO7/c13-7-4-19-11(18,9(15)8(7)14)5-12-3-1-2-6(12)10(16)17/h6-9,13-15,18H,1-5H2,(H,16,17)/t6-,7-,8-,9+,11-/m1/s1. The molecule has 8 heteroatoms. The SMILES string of the molecule is O=C(O)[C@H]1CCCN1C[C@@]1(O)OC[C@@H](O)[C@@H](O)[C@@H]1O. The molecule has 5 atom stereocenters. The van der Waals surface area contributed by atoms with E-state index in [-0.39, 0.29) is 13.2 Å². The maximum Gasteiger partial charge on any atom is 0.320 e. The molecule has 5 N–H and O–H groups in total. The quantitative estimate of drug-likeness (QED) is 0.378. The number of carbonyl (C=O) groups is 1. The number of rotatable bonds is 3. The predicted octanol–water partition coefficient (Wildman–Crippen LogP) is -2.66. The van der Waals surface area contributed by atoms with Crippen molar-refractivity contribution in [2.45, 2.75) is 43.0 Å². The summed E-state index contributed by atoms with van der Waals surface area (Å²) in [6.45, 7) is -0.0801. The van der Waals surface area contributed by atoms with Crippen molar-refractivity contribution in [3.05, 3.63) is 0 Å². The fourth-order valence-electron chi connectivity index (χ4n) is 2.62. The summed E-state index contributed by atoms with van der Waals surface area (Å²) in [5, 5.41) is 47.9. The topological polar surface area (TPSA) is 131 Å². The Morgan fingerprint density at radius 1 is 1.37 bits per heavy atom. The van der Waals surface area contributed by atoms with Crippen LogP contribution in [0, 0.1) is 0 Å². The molecule has 2 rings (SSSR count). The van der Waals surface area contributed by atoms with Gasteiger partial charge in [0, 0.05) is 0 Å². The van der Waals surface area contributed by atoms with Crippen molar-refractivity contribution < 1.29 is 35.1 Å². The highest BCUT2D eigenvalue weighted by Gasteiger charge is 2.50. The van der Waals surface area contributed by atoms with Gasteiger partial charge in [-0.3, -0.25) is 9.69 Å². The van der Waals surface area contributed by atoms with E-state index < -0.39 is 36.1 Å². The third-order valence-electron chi connectivity index (χ3n) is 3.76. The van der Waals surface area contributed by atoms with Gasteiger partial charge in [-0.05, 0) is 19.4 Å². The Bertz CT molecular complexity index is 352. The summed E-state index contributed by atoms with van der Waals surface area (Å²) in [7, 11) is 0. The molecule has 0 bridgehead atoms. The summed E-state index contributed by atoms with van der Waals surface area (Å²) in [6.07, 6.45) is -3.35. The molecule has 0 unspecified atom stereocenters. The zero-order chi connectivity index (χ0) is 14.2. The van der Waals surface area contributed by atoms with Crippen LogP contribution < -0.4 is 0 Å². The molecule has 0 aromatic heterocycles.